The molecule has 1 aliphatic heterocycles. The molecule has 7 nitrogen and oxygen atoms in total. The molecule has 1 aromatic rings. The van der Waals surface area contributed by atoms with Gasteiger partial charge in [-0.25, -0.2) is 4.98 Å². The second-order valence-electron chi connectivity index (χ2n) is 9.76. The third kappa shape index (κ3) is 7.71. The van der Waals surface area contributed by atoms with Gasteiger partial charge in [0.2, 0.25) is 5.91 Å². The second-order valence-corrected chi connectivity index (χ2v) is 11.3. The van der Waals surface area contributed by atoms with E-state index in [1.165, 1.54) is 0 Å². The van der Waals surface area contributed by atoms with Crippen molar-refractivity contribution in [3.8, 4) is 0 Å². The summed E-state index contributed by atoms with van der Waals surface area (Å²) in [6, 6.07) is -0.373. The molecular formula is C25H37ClN2O5S. The Labute approximate surface area is 211 Å². The molecule has 0 aromatic carbocycles. The number of thiazole rings is 1. The van der Waals surface area contributed by atoms with E-state index in [2.05, 4.69) is 10.3 Å². The molecule has 3 N–H and O–H groups in total. The van der Waals surface area contributed by atoms with Crippen molar-refractivity contribution in [2.45, 2.75) is 72.6 Å². The zero-order chi connectivity index (χ0) is 25.6. The Morgan fingerprint density at radius 1 is 1.32 bits per heavy atom. The maximum atomic E-state index is 13.1. The van der Waals surface area contributed by atoms with E-state index >= 15 is 0 Å². The van der Waals surface area contributed by atoms with E-state index < -0.39 is 23.5 Å². The number of aryl methyl sites for hydroxylation is 1. The maximum Gasteiger partial charge on any atom is 0.223 e. The number of aliphatic hydroxyl groups is 2. The van der Waals surface area contributed by atoms with Gasteiger partial charge in [-0.15, -0.1) is 11.3 Å². The van der Waals surface area contributed by atoms with Crippen LogP contribution in [0.2, 0.25) is 0 Å². The Morgan fingerprint density at radius 2 is 2.00 bits per heavy atom. The number of ketones is 1. The molecule has 5 atom stereocenters. The van der Waals surface area contributed by atoms with Gasteiger partial charge < -0.3 is 20.3 Å². The van der Waals surface area contributed by atoms with Gasteiger partial charge in [0.25, 0.3) is 0 Å². The second kappa shape index (κ2) is 12.4. The predicted molar refractivity (Wildman–Crippen MR) is 136 cm³/mol. The van der Waals surface area contributed by atoms with Crippen LogP contribution in [0.5, 0.6) is 0 Å². The smallest absolute Gasteiger partial charge is 0.223 e. The van der Waals surface area contributed by atoms with Crippen molar-refractivity contribution in [2.24, 2.45) is 17.3 Å². The topological polar surface area (TPSA) is 109 Å². The van der Waals surface area contributed by atoms with Gasteiger partial charge in [-0.1, -0.05) is 45.4 Å². The number of carbonyl (C=O) groups is 2. The molecule has 0 bridgehead atoms. The summed E-state index contributed by atoms with van der Waals surface area (Å²) in [5, 5.41) is 27.8. The Bertz CT molecular complexity index is 926. The third-order valence-electron chi connectivity index (χ3n) is 6.45. The number of hydrogen-bond donors (Lipinski definition) is 3. The first kappa shape index (κ1) is 28.7. The van der Waals surface area contributed by atoms with Crippen molar-refractivity contribution < 1.29 is 24.5 Å². The van der Waals surface area contributed by atoms with Gasteiger partial charge in [-0.3, -0.25) is 9.59 Å². The number of aliphatic hydroxyl groups excluding tert-OH is 2. The summed E-state index contributed by atoms with van der Waals surface area (Å²) in [7, 11) is 0. The fourth-order valence-electron chi connectivity index (χ4n) is 3.97. The molecule has 1 amide bonds. The molecule has 0 unspecified atom stereocenters. The number of rotatable bonds is 2. The summed E-state index contributed by atoms with van der Waals surface area (Å²) < 4.78 is 5.67. The minimum absolute atomic E-state index is 0.167. The van der Waals surface area contributed by atoms with Crippen molar-refractivity contribution in [3.05, 3.63) is 32.8 Å². The summed E-state index contributed by atoms with van der Waals surface area (Å²) >= 11 is 7.89. The molecule has 2 rings (SSSR count). The first-order chi connectivity index (χ1) is 15.8. The Kier molecular flexibility index (Phi) is 10.5. The summed E-state index contributed by atoms with van der Waals surface area (Å²) in [5.74, 6) is -1.73. The SMILES string of the molecule is C/C(=C\c1csc(C)n1)[C@@H]1C/C=C(/Cl)COC[C@H](C)[C@H](O)[C@@H](C)C(=O)C(C)(C)[C@@H](O)CC(=O)N1. The number of carbonyl (C=O) groups excluding carboxylic acids is 2. The Hall–Kier alpha value is -1.58. The number of aromatic nitrogens is 1. The van der Waals surface area contributed by atoms with E-state index in [1.807, 2.05) is 25.3 Å². The van der Waals surface area contributed by atoms with E-state index in [-0.39, 0.29) is 43.3 Å². The molecule has 0 radical (unpaired) electrons. The zero-order valence-electron chi connectivity index (χ0n) is 20.8. The summed E-state index contributed by atoms with van der Waals surface area (Å²) in [6.45, 7) is 10.9. The van der Waals surface area contributed by atoms with Crippen LogP contribution in [-0.4, -0.2) is 58.4 Å². The highest BCUT2D eigenvalue weighted by molar-refractivity contribution is 7.09. The molecule has 2 heterocycles. The molecule has 190 valence electrons. The highest BCUT2D eigenvalue weighted by Crippen LogP contribution is 2.31. The van der Waals surface area contributed by atoms with Crippen LogP contribution in [0.3, 0.4) is 0 Å². The Balaban J connectivity index is 2.33. The van der Waals surface area contributed by atoms with Crippen molar-refractivity contribution >= 4 is 40.7 Å². The average Bonchev–Trinajstić information content (AvgIpc) is 3.18. The fourth-order valence-corrected chi connectivity index (χ4v) is 4.70. The van der Waals surface area contributed by atoms with Crippen LogP contribution in [0.15, 0.2) is 22.1 Å². The number of ether oxygens (including phenoxy) is 1. The normalized spacial score (nSPS) is 32.1. The van der Waals surface area contributed by atoms with Gasteiger partial charge >= 0.3 is 0 Å². The lowest BCUT2D eigenvalue weighted by Crippen LogP contribution is -2.47. The first-order valence-electron chi connectivity index (χ1n) is 11.5. The van der Waals surface area contributed by atoms with Gasteiger partial charge in [-0.2, -0.15) is 0 Å². The standard InChI is InChI=1S/C25H37ClN2O5S/c1-14(9-19-13-34-17(4)27-19)20-8-7-18(26)12-33-11-15(2)23(31)16(3)24(32)25(5,6)21(29)10-22(30)28-20/h7,9,13,15-16,20-21,23,29,31H,8,10-12H2,1-6H3,(H,28,30)/b14-9+,18-7+/t15-,16+,20-,21-,23-/m0/s1. The minimum Gasteiger partial charge on any atom is -0.392 e. The van der Waals surface area contributed by atoms with Gasteiger partial charge in [0.05, 0.1) is 54.0 Å². The van der Waals surface area contributed by atoms with Crippen LogP contribution < -0.4 is 5.32 Å². The van der Waals surface area contributed by atoms with Gasteiger partial charge in [0.1, 0.15) is 5.78 Å². The van der Waals surface area contributed by atoms with E-state index in [0.29, 0.717) is 11.5 Å². The van der Waals surface area contributed by atoms with E-state index in [9.17, 15) is 19.8 Å². The molecule has 9 heteroatoms. The van der Waals surface area contributed by atoms with Gasteiger partial charge in [0.15, 0.2) is 0 Å². The summed E-state index contributed by atoms with van der Waals surface area (Å²) in [5.41, 5.74) is 0.488. The number of amides is 1. The molecule has 0 saturated heterocycles. The van der Waals surface area contributed by atoms with Crippen molar-refractivity contribution in [1.29, 1.82) is 0 Å². The molecule has 0 aliphatic carbocycles. The lowest BCUT2D eigenvalue weighted by Gasteiger charge is -2.34. The van der Waals surface area contributed by atoms with Crippen LogP contribution in [0.25, 0.3) is 6.08 Å². The predicted octanol–water partition coefficient (Wildman–Crippen LogP) is 3.86. The van der Waals surface area contributed by atoms with E-state index in [4.69, 9.17) is 16.3 Å². The van der Waals surface area contributed by atoms with Gasteiger partial charge in [0, 0.05) is 22.2 Å². The number of halogens is 1. The number of hydrogen-bond acceptors (Lipinski definition) is 7. The average molecular weight is 513 g/mol. The highest BCUT2D eigenvalue weighted by Gasteiger charge is 2.42. The van der Waals surface area contributed by atoms with E-state index in [1.54, 1.807) is 45.1 Å². The maximum absolute atomic E-state index is 13.1. The summed E-state index contributed by atoms with van der Waals surface area (Å²) in [4.78, 5) is 30.5. The van der Waals surface area contributed by atoms with Crippen LogP contribution >= 0.6 is 22.9 Å². The quantitative estimate of drug-likeness (QED) is 0.555. The van der Waals surface area contributed by atoms with Gasteiger partial charge in [-0.05, 0) is 31.9 Å². The van der Waals surface area contributed by atoms with Crippen molar-refractivity contribution in [2.75, 3.05) is 13.2 Å². The molecule has 0 saturated carbocycles. The Morgan fingerprint density at radius 3 is 2.62 bits per heavy atom. The van der Waals surface area contributed by atoms with E-state index in [0.717, 1.165) is 16.3 Å². The molecular weight excluding hydrogens is 476 g/mol. The number of nitrogens with one attached hydrogen (secondary N) is 1. The largest absolute Gasteiger partial charge is 0.392 e. The molecule has 0 spiro atoms. The lowest BCUT2D eigenvalue weighted by molar-refractivity contribution is -0.143. The summed E-state index contributed by atoms with van der Waals surface area (Å²) in [6.07, 6.45) is 1.74. The minimum atomic E-state index is -1.21. The molecule has 0 fully saturated rings. The number of Topliss-reactive ketones (excluding diaryl/α,β-unsaturated/α-hetero) is 1. The molecule has 1 aromatic heterocycles. The fraction of sp³-hybridized carbons (Fsp3) is 0.640. The highest BCUT2D eigenvalue weighted by atomic mass is 35.5. The van der Waals surface area contributed by atoms with Crippen LogP contribution in [-0.2, 0) is 14.3 Å². The lowest BCUT2D eigenvalue weighted by atomic mass is 9.73. The van der Waals surface area contributed by atoms with Crippen LogP contribution in [0.4, 0.5) is 0 Å². The zero-order valence-corrected chi connectivity index (χ0v) is 22.4. The first-order valence-corrected chi connectivity index (χ1v) is 12.8. The van der Waals surface area contributed by atoms with Crippen LogP contribution in [0.1, 0.15) is 58.2 Å². The molecule has 1 aliphatic rings. The van der Waals surface area contributed by atoms with Crippen LogP contribution in [0, 0.1) is 24.2 Å². The number of nitrogens with zero attached hydrogens (tertiary/aromatic N) is 1. The molecule has 34 heavy (non-hydrogen) atoms. The van der Waals surface area contributed by atoms with Crippen molar-refractivity contribution in [3.63, 3.8) is 0 Å². The van der Waals surface area contributed by atoms with Crippen molar-refractivity contribution in [1.82, 2.24) is 10.3 Å². The third-order valence-corrected chi connectivity index (χ3v) is 7.50. The monoisotopic (exact) mass is 512 g/mol.